The Bertz CT molecular complexity index is 89.4. The Hall–Kier alpha value is 0.640. The average molecular weight is 175 g/mol. The number of hydrogen-bond acceptors (Lipinski definition) is 1. The minimum Gasteiger partial charge on any atom is -0.125 e. The summed E-state index contributed by atoms with van der Waals surface area (Å²) in [5.41, 5.74) is 0. The minimum atomic E-state index is -1.70. The summed E-state index contributed by atoms with van der Waals surface area (Å²) in [7, 11) is -0.0357. The predicted molar refractivity (Wildman–Crippen MR) is 36.8 cm³/mol. The smallest absolute Gasteiger partial charge is 0.125 e. The molecule has 0 amide bonds. The first-order valence-electron chi connectivity index (χ1n) is 2.08. The number of hydrogen-bond donors (Lipinski definition) is 0. The van der Waals surface area contributed by atoms with Crippen LogP contribution in [-0.2, 0) is 4.57 Å². The van der Waals surface area contributed by atoms with Crippen LogP contribution in [0.1, 0.15) is 0 Å². The zero-order chi connectivity index (χ0) is 6.57. The Balaban J connectivity index is 3.32. The van der Waals surface area contributed by atoms with Crippen molar-refractivity contribution >= 4 is 30.1 Å². The summed E-state index contributed by atoms with van der Waals surface area (Å²) in [5, 5.41) is 0. The van der Waals surface area contributed by atoms with Crippen molar-refractivity contribution in [2.24, 2.45) is 0 Å². The monoisotopic (exact) mass is 174 g/mol. The van der Waals surface area contributed by atoms with Gasteiger partial charge in [0.05, 0.1) is 6.54 Å². The molecule has 1 atom stereocenters. The molecule has 8 heavy (non-hydrogen) atoms. The lowest BCUT2D eigenvalue weighted by molar-refractivity contribution is 0.517. The zero-order valence-corrected chi connectivity index (χ0v) is 6.88. The molecular weight excluding hydrogens is 168 g/mol. The van der Waals surface area contributed by atoms with E-state index in [9.17, 15) is 4.57 Å². The van der Waals surface area contributed by atoms with Crippen molar-refractivity contribution < 1.29 is 4.57 Å². The maximum absolute atomic E-state index is 10.3. The number of nitrogens with zero attached hydrogens (tertiary/aromatic N) is 1. The molecule has 0 spiro atoms. The van der Waals surface area contributed by atoms with E-state index < -0.39 is 7.30 Å². The Labute approximate surface area is 59.4 Å². The van der Waals surface area contributed by atoms with Crippen LogP contribution in [0.3, 0.4) is 0 Å². The van der Waals surface area contributed by atoms with Crippen molar-refractivity contribution in [3.8, 4) is 0 Å². The van der Waals surface area contributed by atoms with Gasteiger partial charge in [0.15, 0.2) is 0 Å². The van der Waals surface area contributed by atoms with Crippen molar-refractivity contribution in [2.75, 3.05) is 19.5 Å². The van der Waals surface area contributed by atoms with Gasteiger partial charge in [0, 0.05) is 12.9 Å². The summed E-state index contributed by atoms with van der Waals surface area (Å²) >= 11 is 10.5. The lowest BCUT2D eigenvalue weighted by Gasteiger charge is -1.93. The molecule has 0 heterocycles. The van der Waals surface area contributed by atoms with Gasteiger partial charge in [-0.15, -0.1) is 11.6 Å². The molecule has 0 fully saturated rings. The molecule has 0 aliphatic carbocycles. The van der Waals surface area contributed by atoms with E-state index in [4.69, 9.17) is 22.8 Å². The van der Waals surface area contributed by atoms with Crippen molar-refractivity contribution in [3.63, 3.8) is 0 Å². The predicted octanol–water partition coefficient (Wildman–Crippen LogP) is 2.05. The summed E-state index contributed by atoms with van der Waals surface area (Å²) in [4.78, 5) is 0. The number of alkyl halides is 1. The van der Waals surface area contributed by atoms with Gasteiger partial charge in [-0.2, -0.15) is 0 Å². The average Bonchev–Trinajstić information content (AvgIpc) is 1.67. The third kappa shape index (κ3) is 3.62. The second-order valence-electron chi connectivity index (χ2n) is 1.30. The van der Waals surface area contributed by atoms with Gasteiger partial charge in [-0.3, -0.25) is 0 Å². The number of rotatable bonds is 3. The molecule has 5 heteroatoms. The van der Waals surface area contributed by atoms with Crippen molar-refractivity contribution in [3.05, 3.63) is 0 Å². The SMILES string of the molecule is CN(CCCl)[P+](=O)Cl. The molecule has 1 unspecified atom stereocenters. The van der Waals surface area contributed by atoms with Gasteiger partial charge in [-0.25, -0.2) is 0 Å². The Kier molecular flexibility index (Phi) is 4.87. The fourth-order valence-electron chi connectivity index (χ4n) is 0.201. The largest absolute Gasteiger partial charge is 0.556 e. The van der Waals surface area contributed by atoms with Crippen LogP contribution in [0.2, 0.25) is 0 Å². The minimum absolute atomic E-state index is 0.463. The molecule has 2 nitrogen and oxygen atoms in total. The molecule has 0 saturated carbocycles. The summed E-state index contributed by atoms with van der Waals surface area (Å²) in [6.45, 7) is 0.570. The second kappa shape index (κ2) is 4.51. The standard InChI is InChI=1S/C3H7Cl2NOP/c1-6(3-2-4)8(5)7/h2-3H2,1H3/q+1. The van der Waals surface area contributed by atoms with E-state index in [1.165, 1.54) is 4.67 Å². The van der Waals surface area contributed by atoms with Gasteiger partial charge >= 0.3 is 7.30 Å². The van der Waals surface area contributed by atoms with Crippen LogP contribution >= 0.6 is 30.1 Å². The van der Waals surface area contributed by atoms with Gasteiger partial charge in [-0.05, 0) is 4.57 Å². The van der Waals surface area contributed by atoms with Gasteiger partial charge in [0.2, 0.25) is 11.2 Å². The third-order valence-corrected chi connectivity index (χ3v) is 2.36. The van der Waals surface area contributed by atoms with Gasteiger partial charge in [0.25, 0.3) is 0 Å². The maximum atomic E-state index is 10.3. The van der Waals surface area contributed by atoms with Crippen LogP contribution < -0.4 is 0 Å². The van der Waals surface area contributed by atoms with Crippen LogP contribution in [0, 0.1) is 0 Å². The number of halogens is 2. The van der Waals surface area contributed by atoms with Crippen molar-refractivity contribution in [1.29, 1.82) is 0 Å². The zero-order valence-electron chi connectivity index (χ0n) is 4.47. The Morgan fingerprint density at radius 3 is 2.38 bits per heavy atom. The summed E-state index contributed by atoms with van der Waals surface area (Å²) in [6.07, 6.45) is 0. The molecule has 0 saturated heterocycles. The molecule has 0 aromatic carbocycles. The molecule has 0 aliphatic heterocycles. The molecular formula is C3H7Cl2NOP+. The Morgan fingerprint density at radius 1 is 1.75 bits per heavy atom. The quantitative estimate of drug-likeness (QED) is 0.483. The first-order chi connectivity index (χ1) is 3.68. The van der Waals surface area contributed by atoms with Crippen molar-refractivity contribution in [2.45, 2.75) is 0 Å². The van der Waals surface area contributed by atoms with Gasteiger partial charge in [-0.1, -0.05) is 4.67 Å². The highest BCUT2D eigenvalue weighted by atomic mass is 35.7. The van der Waals surface area contributed by atoms with Crippen molar-refractivity contribution in [1.82, 2.24) is 4.67 Å². The van der Waals surface area contributed by atoms with E-state index >= 15 is 0 Å². The molecule has 48 valence electrons. The van der Waals surface area contributed by atoms with E-state index in [0.29, 0.717) is 12.4 Å². The first kappa shape index (κ1) is 8.64. The molecule has 0 N–H and O–H groups in total. The van der Waals surface area contributed by atoms with Gasteiger partial charge < -0.3 is 0 Å². The highest BCUT2D eigenvalue weighted by Gasteiger charge is 2.18. The van der Waals surface area contributed by atoms with E-state index in [1.807, 2.05) is 0 Å². The highest BCUT2D eigenvalue weighted by Crippen LogP contribution is 2.29. The lowest BCUT2D eigenvalue weighted by Crippen LogP contribution is -2.09. The summed E-state index contributed by atoms with van der Waals surface area (Å²) in [6, 6.07) is 0. The summed E-state index contributed by atoms with van der Waals surface area (Å²) in [5.74, 6) is 0.463. The van der Waals surface area contributed by atoms with E-state index in [0.717, 1.165) is 0 Å². The summed E-state index contributed by atoms with van der Waals surface area (Å²) < 4.78 is 11.8. The second-order valence-corrected chi connectivity index (χ2v) is 3.68. The molecule has 0 aromatic heterocycles. The fourth-order valence-corrected chi connectivity index (χ4v) is 1.06. The van der Waals surface area contributed by atoms with Gasteiger partial charge in [0.1, 0.15) is 0 Å². The molecule has 0 radical (unpaired) electrons. The van der Waals surface area contributed by atoms with Crippen LogP contribution in [0.5, 0.6) is 0 Å². The topological polar surface area (TPSA) is 20.3 Å². The normalized spacial score (nSPS) is 12.2. The third-order valence-electron chi connectivity index (χ3n) is 0.677. The van der Waals surface area contributed by atoms with E-state index in [-0.39, 0.29) is 0 Å². The lowest BCUT2D eigenvalue weighted by atomic mass is 10.8. The van der Waals surface area contributed by atoms with Crippen LogP contribution in [-0.4, -0.2) is 24.1 Å². The van der Waals surface area contributed by atoms with E-state index in [1.54, 1.807) is 7.05 Å². The fraction of sp³-hybridized carbons (Fsp3) is 1.00. The van der Waals surface area contributed by atoms with Crippen LogP contribution in [0.25, 0.3) is 0 Å². The van der Waals surface area contributed by atoms with Crippen LogP contribution in [0.4, 0.5) is 0 Å². The Morgan fingerprint density at radius 2 is 2.25 bits per heavy atom. The van der Waals surface area contributed by atoms with E-state index in [2.05, 4.69) is 0 Å². The van der Waals surface area contributed by atoms with Crippen LogP contribution in [0.15, 0.2) is 0 Å². The molecule has 0 aliphatic rings. The first-order valence-corrected chi connectivity index (χ1v) is 4.73. The molecule has 0 aromatic rings. The highest BCUT2D eigenvalue weighted by molar-refractivity contribution is 7.71. The molecule has 0 bridgehead atoms. The molecule has 0 rings (SSSR count). The maximum Gasteiger partial charge on any atom is 0.556 e.